The van der Waals surface area contributed by atoms with E-state index in [1.54, 1.807) is 11.8 Å². The summed E-state index contributed by atoms with van der Waals surface area (Å²) in [6, 6.07) is 0. The van der Waals surface area contributed by atoms with Crippen molar-refractivity contribution in [3.8, 4) is 0 Å². The molecule has 0 aromatic heterocycles. The average molecular weight is 238 g/mol. The fourth-order valence-corrected chi connectivity index (χ4v) is 1.95. The Morgan fingerprint density at radius 3 is 3.14 bits per heavy atom. The number of rotatable bonds is 4. The van der Waals surface area contributed by atoms with Gasteiger partial charge in [0.05, 0.1) is 18.6 Å². The molecule has 0 N–H and O–H groups in total. The Kier molecular flexibility index (Phi) is 5.67. The predicted octanol–water partition coefficient (Wildman–Crippen LogP) is 1.21. The molecule has 82 valence electrons. The van der Waals surface area contributed by atoms with Gasteiger partial charge < -0.3 is 9.64 Å². The van der Waals surface area contributed by atoms with Crippen LogP contribution in [-0.2, 0) is 9.53 Å². The minimum Gasteiger partial charge on any atom is -0.373 e. The summed E-state index contributed by atoms with van der Waals surface area (Å²) in [6.07, 6.45) is 2.65. The maximum atomic E-state index is 11.6. The molecule has 1 saturated heterocycles. The molecule has 1 aliphatic heterocycles. The summed E-state index contributed by atoms with van der Waals surface area (Å²) in [6.45, 7) is 1.97. The van der Waals surface area contributed by atoms with Gasteiger partial charge in [-0.25, -0.2) is 0 Å². The molecule has 1 aliphatic rings. The lowest BCUT2D eigenvalue weighted by molar-refractivity contribution is -0.137. The molecule has 1 unspecified atom stereocenters. The van der Waals surface area contributed by atoms with E-state index in [0.29, 0.717) is 32.0 Å². The van der Waals surface area contributed by atoms with Crippen molar-refractivity contribution < 1.29 is 9.53 Å². The lowest BCUT2D eigenvalue weighted by Gasteiger charge is -2.32. The van der Waals surface area contributed by atoms with E-state index in [1.807, 2.05) is 11.2 Å². The van der Waals surface area contributed by atoms with E-state index in [0.717, 1.165) is 5.75 Å². The number of hydrogen-bond donors (Lipinski definition) is 0. The molecule has 0 aromatic rings. The van der Waals surface area contributed by atoms with Crippen LogP contribution in [0.15, 0.2) is 0 Å². The minimum absolute atomic E-state index is 0.0173. The molecule has 1 atom stereocenters. The molecule has 1 heterocycles. The molecule has 1 fully saturated rings. The van der Waals surface area contributed by atoms with Gasteiger partial charge in [-0.15, -0.1) is 11.6 Å². The Morgan fingerprint density at radius 1 is 1.71 bits per heavy atom. The van der Waals surface area contributed by atoms with Crippen molar-refractivity contribution in [2.24, 2.45) is 0 Å². The highest BCUT2D eigenvalue weighted by Crippen LogP contribution is 2.09. The van der Waals surface area contributed by atoms with Gasteiger partial charge in [0.15, 0.2) is 0 Å². The van der Waals surface area contributed by atoms with Crippen molar-refractivity contribution in [3.05, 3.63) is 0 Å². The summed E-state index contributed by atoms with van der Waals surface area (Å²) in [7, 11) is 0. The Labute approximate surface area is 94.1 Å². The summed E-state index contributed by atoms with van der Waals surface area (Å²) in [5.41, 5.74) is 0. The van der Waals surface area contributed by atoms with Crippen LogP contribution in [0.4, 0.5) is 0 Å². The fourth-order valence-electron chi connectivity index (χ4n) is 1.39. The molecular formula is C9H16ClNO2S. The first kappa shape index (κ1) is 12.1. The Bertz CT molecular complexity index is 192. The van der Waals surface area contributed by atoms with Crippen LogP contribution in [0.3, 0.4) is 0 Å². The highest BCUT2D eigenvalue weighted by atomic mass is 35.5. The first-order valence-electron chi connectivity index (χ1n) is 4.72. The molecule has 0 radical (unpaired) electrons. The van der Waals surface area contributed by atoms with Gasteiger partial charge in [0.1, 0.15) is 0 Å². The third kappa shape index (κ3) is 3.67. The molecule has 5 heteroatoms. The van der Waals surface area contributed by atoms with Gasteiger partial charge in [-0.3, -0.25) is 4.79 Å². The van der Waals surface area contributed by atoms with E-state index in [9.17, 15) is 4.79 Å². The smallest absolute Gasteiger partial charge is 0.223 e. The van der Waals surface area contributed by atoms with Crippen LogP contribution in [0.5, 0.6) is 0 Å². The van der Waals surface area contributed by atoms with Crippen LogP contribution in [0.2, 0.25) is 0 Å². The maximum absolute atomic E-state index is 11.6. The number of thioether (sulfide) groups is 1. The summed E-state index contributed by atoms with van der Waals surface area (Å²) in [5, 5.41) is 0. The molecule has 14 heavy (non-hydrogen) atoms. The maximum Gasteiger partial charge on any atom is 0.223 e. The highest BCUT2D eigenvalue weighted by molar-refractivity contribution is 7.98. The predicted molar refractivity (Wildman–Crippen MR) is 60.0 cm³/mol. The first-order valence-corrected chi connectivity index (χ1v) is 6.65. The third-order valence-electron chi connectivity index (χ3n) is 2.18. The van der Waals surface area contributed by atoms with Crippen molar-refractivity contribution in [2.45, 2.75) is 12.5 Å². The lowest BCUT2D eigenvalue weighted by atomic mass is 10.3. The first-order chi connectivity index (χ1) is 6.77. The van der Waals surface area contributed by atoms with Crippen molar-refractivity contribution >= 4 is 29.3 Å². The zero-order valence-electron chi connectivity index (χ0n) is 8.37. The number of ether oxygens (including phenoxy) is 1. The minimum atomic E-state index is 0.0173. The van der Waals surface area contributed by atoms with Gasteiger partial charge in [-0.2, -0.15) is 11.8 Å². The summed E-state index contributed by atoms with van der Waals surface area (Å²) in [4.78, 5) is 13.5. The standard InChI is InChI=1S/C9H16ClNO2S/c1-14-5-2-9(12)11-3-4-13-8(6-10)7-11/h8H,2-7H2,1H3. The second-order valence-corrected chi connectivity index (χ2v) is 4.52. The fraction of sp³-hybridized carbons (Fsp3) is 0.889. The van der Waals surface area contributed by atoms with Crippen LogP contribution in [-0.4, -0.2) is 54.5 Å². The molecule has 0 spiro atoms. The van der Waals surface area contributed by atoms with Crippen LogP contribution in [0, 0.1) is 0 Å². The number of halogens is 1. The summed E-state index contributed by atoms with van der Waals surface area (Å²) in [5.74, 6) is 1.58. The van der Waals surface area contributed by atoms with Gasteiger partial charge >= 0.3 is 0 Å². The molecule has 0 bridgehead atoms. The number of amides is 1. The topological polar surface area (TPSA) is 29.5 Å². The second kappa shape index (κ2) is 6.53. The zero-order chi connectivity index (χ0) is 10.4. The lowest BCUT2D eigenvalue weighted by Crippen LogP contribution is -2.46. The van der Waals surface area contributed by atoms with E-state index < -0.39 is 0 Å². The summed E-state index contributed by atoms with van der Waals surface area (Å²) < 4.78 is 5.38. The van der Waals surface area contributed by atoms with Crippen molar-refractivity contribution in [1.29, 1.82) is 0 Å². The largest absolute Gasteiger partial charge is 0.373 e. The molecule has 3 nitrogen and oxygen atoms in total. The van der Waals surface area contributed by atoms with Gasteiger partial charge in [-0.1, -0.05) is 0 Å². The van der Waals surface area contributed by atoms with Gasteiger partial charge in [0, 0.05) is 25.3 Å². The van der Waals surface area contributed by atoms with Crippen molar-refractivity contribution in [2.75, 3.05) is 37.6 Å². The van der Waals surface area contributed by atoms with Gasteiger partial charge in [0.25, 0.3) is 0 Å². The number of carbonyl (C=O) groups is 1. The van der Waals surface area contributed by atoms with E-state index in [-0.39, 0.29) is 12.0 Å². The van der Waals surface area contributed by atoms with Crippen LogP contribution >= 0.6 is 23.4 Å². The highest BCUT2D eigenvalue weighted by Gasteiger charge is 2.22. The van der Waals surface area contributed by atoms with Crippen molar-refractivity contribution in [1.82, 2.24) is 4.90 Å². The van der Waals surface area contributed by atoms with E-state index in [4.69, 9.17) is 16.3 Å². The van der Waals surface area contributed by atoms with Crippen LogP contribution in [0.1, 0.15) is 6.42 Å². The average Bonchev–Trinajstić information content (AvgIpc) is 2.26. The molecule has 0 saturated carbocycles. The number of alkyl halides is 1. The summed E-state index contributed by atoms with van der Waals surface area (Å²) >= 11 is 7.38. The SMILES string of the molecule is CSCCC(=O)N1CCOC(CCl)C1. The molecular weight excluding hydrogens is 222 g/mol. The zero-order valence-corrected chi connectivity index (χ0v) is 9.94. The van der Waals surface area contributed by atoms with E-state index in [1.165, 1.54) is 0 Å². The van der Waals surface area contributed by atoms with Gasteiger partial charge in [-0.05, 0) is 6.26 Å². The van der Waals surface area contributed by atoms with Crippen LogP contribution in [0.25, 0.3) is 0 Å². The Hall–Kier alpha value is 0.0700. The molecule has 0 aliphatic carbocycles. The van der Waals surface area contributed by atoms with E-state index in [2.05, 4.69) is 0 Å². The number of hydrogen-bond acceptors (Lipinski definition) is 3. The number of carbonyl (C=O) groups excluding carboxylic acids is 1. The molecule has 1 rings (SSSR count). The normalized spacial score (nSPS) is 22.4. The Balaban J connectivity index is 2.31. The number of nitrogens with zero attached hydrogens (tertiary/aromatic N) is 1. The second-order valence-electron chi connectivity index (χ2n) is 3.23. The third-order valence-corrected chi connectivity index (χ3v) is 3.14. The van der Waals surface area contributed by atoms with Crippen LogP contribution < -0.4 is 0 Å². The quantitative estimate of drug-likeness (QED) is 0.689. The van der Waals surface area contributed by atoms with E-state index >= 15 is 0 Å². The monoisotopic (exact) mass is 237 g/mol. The van der Waals surface area contributed by atoms with Crippen molar-refractivity contribution in [3.63, 3.8) is 0 Å². The molecule has 1 amide bonds. The molecule has 0 aromatic carbocycles. The number of morpholine rings is 1. The van der Waals surface area contributed by atoms with Gasteiger partial charge in [0.2, 0.25) is 5.91 Å². The Morgan fingerprint density at radius 2 is 2.50 bits per heavy atom.